The SMILES string of the molecule is CCCc1nnc(S[C@H](C)C(=O)Nc2ccccc2Cl)n1N. The van der Waals surface area contributed by atoms with Crippen molar-refractivity contribution < 1.29 is 4.79 Å². The molecule has 1 heterocycles. The van der Waals surface area contributed by atoms with E-state index in [9.17, 15) is 4.79 Å². The first-order valence-electron chi connectivity index (χ1n) is 6.94. The first-order chi connectivity index (χ1) is 10.5. The molecule has 1 amide bonds. The molecule has 8 heteroatoms. The number of anilines is 1. The highest BCUT2D eigenvalue weighted by Crippen LogP contribution is 2.25. The van der Waals surface area contributed by atoms with Crippen molar-refractivity contribution in [2.45, 2.75) is 37.1 Å². The Kier molecular flexibility index (Phi) is 5.68. The maximum atomic E-state index is 12.2. The fourth-order valence-electron chi connectivity index (χ4n) is 1.79. The van der Waals surface area contributed by atoms with Crippen molar-refractivity contribution in [3.8, 4) is 0 Å². The van der Waals surface area contributed by atoms with Gasteiger partial charge in [0.05, 0.1) is 16.0 Å². The maximum Gasteiger partial charge on any atom is 0.237 e. The van der Waals surface area contributed by atoms with Gasteiger partial charge in [0.15, 0.2) is 5.82 Å². The third-order valence-corrected chi connectivity index (χ3v) is 4.38. The van der Waals surface area contributed by atoms with Gasteiger partial charge < -0.3 is 11.2 Å². The molecule has 3 N–H and O–H groups in total. The molecule has 1 aromatic heterocycles. The van der Waals surface area contributed by atoms with Crippen LogP contribution < -0.4 is 11.2 Å². The number of aromatic nitrogens is 3. The van der Waals surface area contributed by atoms with Gasteiger partial charge in [-0.05, 0) is 25.5 Å². The van der Waals surface area contributed by atoms with Crippen LogP contribution in [0.15, 0.2) is 29.4 Å². The minimum absolute atomic E-state index is 0.168. The van der Waals surface area contributed by atoms with Crippen molar-refractivity contribution in [3.05, 3.63) is 35.1 Å². The predicted molar refractivity (Wildman–Crippen MR) is 89.6 cm³/mol. The summed E-state index contributed by atoms with van der Waals surface area (Å²) in [5.41, 5.74) is 0.586. The highest BCUT2D eigenvalue weighted by molar-refractivity contribution is 8.00. The van der Waals surface area contributed by atoms with E-state index < -0.39 is 0 Å². The Bertz CT molecular complexity index is 660. The van der Waals surface area contributed by atoms with Gasteiger partial charge in [0.2, 0.25) is 11.1 Å². The lowest BCUT2D eigenvalue weighted by molar-refractivity contribution is -0.115. The lowest BCUT2D eigenvalue weighted by Crippen LogP contribution is -2.24. The number of nitrogens with one attached hydrogen (secondary N) is 1. The topological polar surface area (TPSA) is 85.8 Å². The molecule has 0 aliphatic carbocycles. The summed E-state index contributed by atoms with van der Waals surface area (Å²) in [6, 6.07) is 7.10. The number of hydrogen-bond donors (Lipinski definition) is 2. The molecule has 0 saturated carbocycles. The number of nitrogen functional groups attached to an aromatic ring is 1. The number of carbonyl (C=O) groups is 1. The molecule has 6 nitrogen and oxygen atoms in total. The van der Waals surface area contributed by atoms with E-state index in [4.69, 9.17) is 17.4 Å². The Morgan fingerprint density at radius 3 is 2.86 bits per heavy atom. The summed E-state index contributed by atoms with van der Waals surface area (Å²) in [4.78, 5) is 12.2. The smallest absolute Gasteiger partial charge is 0.237 e. The Labute approximate surface area is 138 Å². The number of rotatable bonds is 6. The van der Waals surface area contributed by atoms with Crippen LogP contribution in [0.1, 0.15) is 26.1 Å². The minimum Gasteiger partial charge on any atom is -0.336 e. The third kappa shape index (κ3) is 3.92. The molecule has 0 fully saturated rings. The quantitative estimate of drug-likeness (QED) is 0.624. The van der Waals surface area contributed by atoms with Crippen molar-refractivity contribution >= 4 is 35.0 Å². The zero-order valence-corrected chi connectivity index (χ0v) is 14.0. The van der Waals surface area contributed by atoms with Crippen LogP contribution in [0, 0.1) is 0 Å². The van der Waals surface area contributed by atoms with Crippen LogP contribution >= 0.6 is 23.4 Å². The number of amides is 1. The first kappa shape index (κ1) is 16.6. The lowest BCUT2D eigenvalue weighted by Gasteiger charge is -2.12. The Morgan fingerprint density at radius 1 is 1.45 bits per heavy atom. The van der Waals surface area contributed by atoms with E-state index in [1.54, 1.807) is 19.1 Å². The van der Waals surface area contributed by atoms with Crippen molar-refractivity contribution in [1.29, 1.82) is 0 Å². The van der Waals surface area contributed by atoms with Gasteiger partial charge in [-0.15, -0.1) is 10.2 Å². The van der Waals surface area contributed by atoms with Gasteiger partial charge in [-0.25, -0.2) is 4.68 Å². The zero-order chi connectivity index (χ0) is 16.1. The molecular formula is C14H18ClN5OS. The average Bonchev–Trinajstić information content (AvgIpc) is 2.83. The van der Waals surface area contributed by atoms with Crippen LogP contribution in [0.2, 0.25) is 5.02 Å². The van der Waals surface area contributed by atoms with Crippen molar-refractivity contribution in [3.63, 3.8) is 0 Å². The van der Waals surface area contributed by atoms with Crippen molar-refractivity contribution in [2.75, 3.05) is 11.2 Å². The standard InChI is InChI=1S/C14H18ClN5OS/c1-3-6-12-18-19-14(20(12)16)22-9(2)13(21)17-11-8-5-4-7-10(11)15/h4-5,7-9H,3,6,16H2,1-2H3,(H,17,21)/t9-/m1/s1. The number of nitrogens with zero attached hydrogens (tertiary/aromatic N) is 3. The zero-order valence-electron chi connectivity index (χ0n) is 12.4. The number of nitrogens with two attached hydrogens (primary N) is 1. The van der Waals surface area contributed by atoms with Gasteiger partial charge in [-0.2, -0.15) is 0 Å². The molecule has 0 saturated heterocycles. The van der Waals surface area contributed by atoms with Gasteiger partial charge in [0, 0.05) is 6.42 Å². The van der Waals surface area contributed by atoms with E-state index in [1.807, 2.05) is 19.1 Å². The summed E-state index contributed by atoms with van der Waals surface area (Å²) in [5.74, 6) is 6.48. The highest BCUT2D eigenvalue weighted by atomic mass is 35.5. The number of carbonyl (C=O) groups excluding carboxylic acids is 1. The molecule has 0 aliphatic rings. The second-order valence-electron chi connectivity index (χ2n) is 4.75. The molecular weight excluding hydrogens is 322 g/mol. The summed E-state index contributed by atoms with van der Waals surface area (Å²) in [6.45, 7) is 3.83. The Morgan fingerprint density at radius 2 is 2.18 bits per heavy atom. The summed E-state index contributed by atoms with van der Waals surface area (Å²) in [6.07, 6.45) is 1.69. The molecule has 0 radical (unpaired) electrons. The van der Waals surface area contributed by atoms with E-state index in [0.717, 1.165) is 12.8 Å². The molecule has 0 spiro atoms. The Hall–Kier alpha value is -1.73. The molecule has 2 aromatic rings. The van der Waals surface area contributed by atoms with E-state index in [2.05, 4.69) is 15.5 Å². The van der Waals surface area contributed by atoms with Crippen molar-refractivity contribution in [2.24, 2.45) is 0 Å². The van der Waals surface area contributed by atoms with E-state index in [-0.39, 0.29) is 11.2 Å². The highest BCUT2D eigenvalue weighted by Gasteiger charge is 2.19. The minimum atomic E-state index is -0.378. The van der Waals surface area contributed by atoms with Crippen LogP contribution in [-0.4, -0.2) is 26.0 Å². The monoisotopic (exact) mass is 339 g/mol. The number of thioether (sulfide) groups is 1. The van der Waals surface area contributed by atoms with E-state index in [1.165, 1.54) is 16.4 Å². The average molecular weight is 340 g/mol. The lowest BCUT2D eigenvalue weighted by atomic mass is 10.3. The number of halogens is 1. The van der Waals surface area contributed by atoms with Crippen molar-refractivity contribution in [1.82, 2.24) is 14.9 Å². The number of benzene rings is 1. The second-order valence-corrected chi connectivity index (χ2v) is 6.46. The van der Waals surface area contributed by atoms with Crippen LogP contribution in [-0.2, 0) is 11.2 Å². The summed E-state index contributed by atoms with van der Waals surface area (Å²) in [5, 5.41) is 11.5. The number of hydrogen-bond acceptors (Lipinski definition) is 5. The van der Waals surface area contributed by atoms with Crippen LogP contribution in [0.5, 0.6) is 0 Å². The molecule has 1 aromatic carbocycles. The van der Waals surface area contributed by atoms with E-state index in [0.29, 0.717) is 21.7 Å². The number of aryl methyl sites for hydroxylation is 1. The molecule has 0 bridgehead atoms. The molecule has 2 rings (SSSR count). The Balaban J connectivity index is 2.01. The number of para-hydroxylation sites is 1. The second kappa shape index (κ2) is 7.51. The van der Waals surface area contributed by atoms with Crippen LogP contribution in [0.4, 0.5) is 5.69 Å². The van der Waals surface area contributed by atoms with Gasteiger partial charge >= 0.3 is 0 Å². The molecule has 22 heavy (non-hydrogen) atoms. The predicted octanol–water partition coefficient (Wildman–Crippen LogP) is 2.72. The fourth-order valence-corrected chi connectivity index (χ4v) is 2.76. The molecule has 118 valence electrons. The van der Waals surface area contributed by atoms with Gasteiger partial charge in [0.1, 0.15) is 0 Å². The summed E-state index contributed by atoms with van der Waals surface area (Å²) in [7, 11) is 0. The fraction of sp³-hybridized carbons (Fsp3) is 0.357. The van der Waals surface area contributed by atoms with Gasteiger partial charge in [0.25, 0.3) is 0 Å². The molecule has 0 unspecified atom stereocenters. The first-order valence-corrected chi connectivity index (χ1v) is 8.20. The summed E-state index contributed by atoms with van der Waals surface area (Å²) < 4.78 is 1.44. The van der Waals surface area contributed by atoms with E-state index >= 15 is 0 Å². The van der Waals surface area contributed by atoms with Crippen LogP contribution in [0.25, 0.3) is 0 Å². The molecule has 1 atom stereocenters. The summed E-state index contributed by atoms with van der Waals surface area (Å²) >= 11 is 7.29. The normalized spacial score (nSPS) is 12.1. The largest absolute Gasteiger partial charge is 0.336 e. The molecule has 0 aliphatic heterocycles. The van der Waals surface area contributed by atoms with Gasteiger partial charge in [-0.1, -0.05) is 42.4 Å². The third-order valence-electron chi connectivity index (χ3n) is 2.99. The van der Waals surface area contributed by atoms with Gasteiger partial charge in [-0.3, -0.25) is 4.79 Å². The maximum absolute atomic E-state index is 12.2. The van der Waals surface area contributed by atoms with Crippen LogP contribution in [0.3, 0.4) is 0 Å².